The molecule has 0 bridgehead atoms. The summed E-state index contributed by atoms with van der Waals surface area (Å²) in [5, 5.41) is 23.2. The van der Waals surface area contributed by atoms with Gasteiger partial charge in [0, 0.05) is 49.4 Å². The topological polar surface area (TPSA) is 105 Å². The predicted octanol–water partition coefficient (Wildman–Crippen LogP) is 17.9. The van der Waals surface area contributed by atoms with Crippen LogP contribution in [0.1, 0.15) is 16.7 Å². The number of para-hydroxylation sites is 2. The summed E-state index contributed by atoms with van der Waals surface area (Å²) in [5.41, 5.74) is 10.2. The molecule has 0 aliphatic heterocycles. The van der Waals surface area contributed by atoms with Crippen LogP contribution in [0.2, 0.25) is 0 Å². The number of aromatic nitrogens is 5. The number of alkyl halides is 3. The Balaban J connectivity index is 1.11. The molecule has 0 radical (unpaired) electrons. The number of nitrogens with zero attached hydrogens (tertiary/aromatic N) is 9. The second-order valence-electron chi connectivity index (χ2n) is 19.2. The summed E-state index contributed by atoms with van der Waals surface area (Å²) in [6.45, 7) is 15.4. The lowest BCUT2D eigenvalue weighted by Crippen LogP contribution is -2.08. The van der Waals surface area contributed by atoms with Crippen LogP contribution in [0.5, 0.6) is 0 Å². The Morgan fingerprint density at radius 1 is 0.375 bits per heavy atom. The zero-order valence-electron chi connectivity index (χ0n) is 41.9. The highest BCUT2D eigenvalue weighted by Crippen LogP contribution is 2.46. The second kappa shape index (κ2) is 19.3. The molecule has 13 rings (SSSR count). The molecule has 0 saturated heterocycles. The lowest BCUT2D eigenvalue weighted by Gasteiger charge is -2.21. The summed E-state index contributed by atoms with van der Waals surface area (Å²) < 4.78 is 50.2. The molecular formula is C68H36F3N9. The monoisotopic (exact) mass is 1040 g/mol. The fraction of sp³-hybridized carbons (Fsp3) is 0.0147. The van der Waals surface area contributed by atoms with E-state index in [1.807, 2.05) is 168 Å². The van der Waals surface area contributed by atoms with Gasteiger partial charge in [-0.1, -0.05) is 140 Å². The molecule has 0 aliphatic rings. The number of nitriles is 2. The van der Waals surface area contributed by atoms with E-state index in [4.69, 9.17) is 28.1 Å². The second-order valence-corrected chi connectivity index (χ2v) is 19.2. The Bertz CT molecular complexity index is 4750. The number of hydrogen-bond donors (Lipinski definition) is 0. The lowest BCUT2D eigenvalue weighted by atomic mass is 9.96. The van der Waals surface area contributed by atoms with Crippen molar-refractivity contribution in [3.05, 3.63) is 258 Å². The molecule has 0 saturated carbocycles. The maximum absolute atomic E-state index is 15.4. The molecule has 3 aromatic heterocycles. The number of halogens is 3. The lowest BCUT2D eigenvalue weighted by molar-refractivity contribution is -0.137. The molecule has 0 amide bonds. The Hall–Kier alpha value is -11.4. The minimum atomic E-state index is -4.72. The minimum Gasteiger partial charge on any atom is -0.309 e. The van der Waals surface area contributed by atoms with Crippen molar-refractivity contribution in [1.29, 1.82) is 10.5 Å². The highest BCUT2D eigenvalue weighted by Gasteiger charge is 2.33. The van der Waals surface area contributed by atoms with Crippen molar-refractivity contribution in [2.45, 2.75) is 6.18 Å². The van der Waals surface area contributed by atoms with Gasteiger partial charge in [-0.3, -0.25) is 0 Å². The van der Waals surface area contributed by atoms with Crippen molar-refractivity contribution in [3.63, 3.8) is 0 Å². The molecule has 0 unspecified atom stereocenters. The molecule has 374 valence electrons. The molecule has 13 aromatic rings. The fourth-order valence-electron chi connectivity index (χ4n) is 10.8. The summed E-state index contributed by atoms with van der Waals surface area (Å²) in [4.78, 5) is 22.3. The Morgan fingerprint density at radius 2 is 0.838 bits per heavy atom. The van der Waals surface area contributed by atoms with E-state index in [-0.39, 0.29) is 5.56 Å². The van der Waals surface area contributed by atoms with Gasteiger partial charge >= 0.3 is 6.18 Å². The predicted molar refractivity (Wildman–Crippen MR) is 308 cm³/mol. The zero-order chi connectivity index (χ0) is 54.6. The third-order valence-electron chi connectivity index (χ3n) is 14.4. The number of fused-ring (bicyclic) bond motifs is 6. The van der Waals surface area contributed by atoms with E-state index < -0.39 is 11.7 Å². The van der Waals surface area contributed by atoms with Crippen LogP contribution in [0.15, 0.2) is 218 Å². The van der Waals surface area contributed by atoms with Crippen LogP contribution in [0.25, 0.3) is 132 Å². The van der Waals surface area contributed by atoms with Gasteiger partial charge in [-0.25, -0.2) is 24.6 Å². The van der Waals surface area contributed by atoms with Crippen molar-refractivity contribution < 1.29 is 13.2 Å². The first-order chi connectivity index (χ1) is 39.1. The quantitative estimate of drug-likeness (QED) is 0.141. The van der Waals surface area contributed by atoms with Gasteiger partial charge in [0.1, 0.15) is 0 Å². The maximum atomic E-state index is 15.4. The van der Waals surface area contributed by atoms with Crippen molar-refractivity contribution in [2.75, 3.05) is 0 Å². The van der Waals surface area contributed by atoms with Crippen LogP contribution < -0.4 is 0 Å². The van der Waals surface area contributed by atoms with Crippen molar-refractivity contribution >= 4 is 55.0 Å². The zero-order valence-corrected chi connectivity index (χ0v) is 41.9. The van der Waals surface area contributed by atoms with Gasteiger partial charge in [0.25, 0.3) is 0 Å². The molecular weight excluding hydrogens is 1000 g/mol. The van der Waals surface area contributed by atoms with Crippen LogP contribution in [-0.4, -0.2) is 24.1 Å². The molecule has 9 nitrogen and oxygen atoms in total. The Morgan fingerprint density at radius 3 is 1.35 bits per heavy atom. The van der Waals surface area contributed by atoms with Crippen molar-refractivity contribution in [1.82, 2.24) is 24.1 Å². The largest absolute Gasteiger partial charge is 0.416 e. The van der Waals surface area contributed by atoms with E-state index in [2.05, 4.69) is 26.4 Å². The van der Waals surface area contributed by atoms with Gasteiger partial charge in [0.15, 0.2) is 28.8 Å². The first-order valence-electron chi connectivity index (χ1n) is 25.2. The van der Waals surface area contributed by atoms with Gasteiger partial charge in [0.2, 0.25) is 0 Å². The highest BCUT2D eigenvalue weighted by molar-refractivity contribution is 6.13. The minimum absolute atomic E-state index is 0.282. The average molecular weight is 1040 g/mol. The van der Waals surface area contributed by atoms with Gasteiger partial charge in [0.05, 0.1) is 75.4 Å². The third kappa shape index (κ3) is 8.40. The Labute approximate surface area is 455 Å². The van der Waals surface area contributed by atoms with E-state index >= 15 is 13.2 Å². The normalized spacial score (nSPS) is 11.4. The van der Waals surface area contributed by atoms with Gasteiger partial charge < -0.3 is 9.13 Å². The van der Waals surface area contributed by atoms with Crippen LogP contribution in [0.3, 0.4) is 0 Å². The standard InChI is InChI=1S/C68H36F3N9/c1-74-51-32-49(33-52(38-51)75-2)46-23-26-61-56(35-46)53-17-9-11-19-59(53)79(61)63-28-24-50(68(69,70)71)37-58(63)55-25-21-47(67-77-65(43-13-5-3-6-14-43)76-66(78-67)44-15-7-4-8-16-44)36-64(55)80-60-20-12-10-18-54(60)57-34-45(22-27-62(57)80)48-30-41(39-72)29-42(31-48)40-73/h3-38H. The molecule has 10 aromatic carbocycles. The van der Waals surface area contributed by atoms with E-state index in [0.29, 0.717) is 73.6 Å². The Kier molecular flexibility index (Phi) is 11.6. The maximum Gasteiger partial charge on any atom is 0.416 e. The fourth-order valence-corrected chi connectivity index (χ4v) is 10.8. The summed E-state index contributed by atoms with van der Waals surface area (Å²) in [6.07, 6.45) is -4.72. The van der Waals surface area contributed by atoms with Gasteiger partial charge in [-0.15, -0.1) is 0 Å². The van der Waals surface area contributed by atoms with Crippen LogP contribution in [0, 0.1) is 35.8 Å². The summed E-state index contributed by atoms with van der Waals surface area (Å²) >= 11 is 0. The number of hydrogen-bond acceptors (Lipinski definition) is 5. The van der Waals surface area contributed by atoms with E-state index in [1.165, 1.54) is 12.1 Å². The first kappa shape index (κ1) is 48.2. The SMILES string of the molecule is [C-]#[N+]c1cc([N+]#[C-])cc(-c2ccc3c(c2)c2ccccc2n3-c2ccc(C(F)(F)F)cc2-c2ccc(-c3nc(-c4ccccc4)nc(-c4ccccc4)n3)cc2-n2c3ccccc3c3cc(-c4cc(C#N)cc(C#N)c4)ccc32)c1. The first-order valence-corrected chi connectivity index (χ1v) is 25.2. The smallest absolute Gasteiger partial charge is 0.309 e. The molecule has 0 fully saturated rings. The van der Waals surface area contributed by atoms with Crippen LogP contribution >= 0.6 is 0 Å². The molecule has 0 atom stereocenters. The number of rotatable bonds is 8. The third-order valence-corrected chi connectivity index (χ3v) is 14.4. The van der Waals surface area contributed by atoms with Gasteiger partial charge in [-0.2, -0.15) is 23.7 Å². The van der Waals surface area contributed by atoms with E-state index in [0.717, 1.165) is 71.9 Å². The van der Waals surface area contributed by atoms with E-state index in [9.17, 15) is 10.5 Å². The molecule has 3 heterocycles. The van der Waals surface area contributed by atoms with Crippen molar-refractivity contribution in [2.24, 2.45) is 0 Å². The van der Waals surface area contributed by atoms with E-state index in [1.54, 1.807) is 36.4 Å². The molecule has 12 heteroatoms. The summed E-state index contributed by atoms with van der Waals surface area (Å²) in [7, 11) is 0. The molecule has 0 N–H and O–H groups in total. The molecule has 80 heavy (non-hydrogen) atoms. The molecule has 0 aliphatic carbocycles. The van der Waals surface area contributed by atoms with Gasteiger partial charge in [-0.05, 0) is 101 Å². The number of benzene rings is 10. The summed E-state index contributed by atoms with van der Waals surface area (Å²) in [6, 6.07) is 70.4. The summed E-state index contributed by atoms with van der Waals surface area (Å²) in [5.74, 6) is 1.21. The highest BCUT2D eigenvalue weighted by atomic mass is 19.4. The van der Waals surface area contributed by atoms with Crippen molar-refractivity contribution in [3.8, 4) is 91.1 Å². The molecule has 0 spiro atoms. The van der Waals surface area contributed by atoms with Crippen LogP contribution in [-0.2, 0) is 6.18 Å². The van der Waals surface area contributed by atoms with Crippen LogP contribution in [0.4, 0.5) is 24.5 Å². The average Bonchev–Trinajstić information content (AvgIpc) is 3.94.